The molecule has 0 aromatic carbocycles. The minimum Gasteiger partial charge on any atom is -0.356 e. The molecule has 1 aliphatic carbocycles. The maximum absolute atomic E-state index is 12.9. The Labute approximate surface area is 188 Å². The molecule has 1 aliphatic heterocycles. The number of aryl methyl sites for hydroxylation is 2. The summed E-state index contributed by atoms with van der Waals surface area (Å²) >= 11 is 1.11. The van der Waals surface area contributed by atoms with Crippen LogP contribution in [-0.4, -0.2) is 45.1 Å². The van der Waals surface area contributed by atoms with Gasteiger partial charge >= 0.3 is 6.18 Å². The number of nitrogens with one attached hydrogen (secondary N) is 1. The van der Waals surface area contributed by atoms with Crippen molar-refractivity contribution in [2.75, 3.05) is 18.0 Å². The van der Waals surface area contributed by atoms with Crippen LogP contribution in [0, 0.1) is 0 Å². The van der Waals surface area contributed by atoms with Crippen molar-refractivity contribution in [3.63, 3.8) is 0 Å². The van der Waals surface area contributed by atoms with E-state index in [1.165, 1.54) is 17.6 Å². The van der Waals surface area contributed by atoms with Gasteiger partial charge < -0.3 is 10.2 Å². The molecule has 2 aliphatic rings. The number of hydrogen-bond donors (Lipinski definition) is 1. The SMILES string of the molecule is Cn1cc2c(n1)CCC[C@@H]2N[C@@H]1CCCN(c2ncnc3sc(CC(F)(F)F)cc23)CC1. The van der Waals surface area contributed by atoms with E-state index in [9.17, 15) is 13.2 Å². The molecule has 32 heavy (non-hydrogen) atoms. The van der Waals surface area contributed by atoms with Crippen LogP contribution in [0.5, 0.6) is 0 Å². The lowest BCUT2D eigenvalue weighted by Crippen LogP contribution is -2.35. The van der Waals surface area contributed by atoms with Gasteiger partial charge in [0.1, 0.15) is 17.0 Å². The molecule has 5 rings (SSSR count). The monoisotopic (exact) mass is 464 g/mol. The van der Waals surface area contributed by atoms with Crippen molar-refractivity contribution in [2.24, 2.45) is 7.05 Å². The van der Waals surface area contributed by atoms with Gasteiger partial charge in [0.2, 0.25) is 0 Å². The molecule has 0 amide bonds. The number of halogens is 3. The van der Waals surface area contributed by atoms with Gasteiger partial charge in [-0.15, -0.1) is 11.3 Å². The molecule has 0 spiro atoms. The first-order chi connectivity index (χ1) is 15.4. The van der Waals surface area contributed by atoms with Gasteiger partial charge in [0.25, 0.3) is 0 Å². The van der Waals surface area contributed by atoms with Crippen LogP contribution in [0.2, 0.25) is 0 Å². The fourth-order valence-electron chi connectivity index (χ4n) is 5.03. The van der Waals surface area contributed by atoms with E-state index in [0.29, 0.717) is 16.9 Å². The number of fused-ring (bicyclic) bond motifs is 2. The minimum atomic E-state index is -4.22. The third kappa shape index (κ3) is 4.61. The average molecular weight is 465 g/mol. The van der Waals surface area contributed by atoms with Crippen LogP contribution in [0.25, 0.3) is 10.2 Å². The van der Waals surface area contributed by atoms with Gasteiger partial charge in [0, 0.05) is 48.9 Å². The Kier molecular flexibility index (Phi) is 5.83. The third-order valence-corrected chi connectivity index (χ3v) is 7.46. The van der Waals surface area contributed by atoms with E-state index in [-0.39, 0.29) is 4.88 Å². The molecule has 0 bridgehead atoms. The van der Waals surface area contributed by atoms with Gasteiger partial charge in [0.15, 0.2) is 0 Å². The quantitative estimate of drug-likeness (QED) is 0.614. The fraction of sp³-hybridized carbons (Fsp3) is 0.591. The summed E-state index contributed by atoms with van der Waals surface area (Å²) in [5.74, 6) is 0.757. The second-order valence-electron chi connectivity index (χ2n) is 8.85. The summed E-state index contributed by atoms with van der Waals surface area (Å²) < 4.78 is 40.5. The van der Waals surface area contributed by atoms with E-state index in [0.717, 1.165) is 74.2 Å². The average Bonchev–Trinajstić information content (AvgIpc) is 3.22. The molecule has 10 heteroatoms. The number of hydrogen-bond acceptors (Lipinski definition) is 6. The second kappa shape index (κ2) is 8.62. The number of alkyl halides is 3. The molecule has 1 fully saturated rings. The second-order valence-corrected chi connectivity index (χ2v) is 9.97. The predicted octanol–water partition coefficient (Wildman–Crippen LogP) is 4.56. The Morgan fingerprint density at radius 2 is 2.03 bits per heavy atom. The van der Waals surface area contributed by atoms with Crippen molar-refractivity contribution in [3.05, 3.63) is 34.7 Å². The zero-order valence-corrected chi connectivity index (χ0v) is 18.8. The molecular weight excluding hydrogens is 437 g/mol. The van der Waals surface area contributed by atoms with Crippen LogP contribution in [-0.2, 0) is 19.9 Å². The van der Waals surface area contributed by atoms with Crippen molar-refractivity contribution >= 4 is 27.4 Å². The van der Waals surface area contributed by atoms with Gasteiger partial charge in [-0.2, -0.15) is 18.3 Å². The molecular formula is C22H27F3N6S. The molecule has 3 aromatic heterocycles. The van der Waals surface area contributed by atoms with Crippen LogP contribution >= 0.6 is 11.3 Å². The number of rotatable bonds is 4. The summed E-state index contributed by atoms with van der Waals surface area (Å²) in [5.41, 5.74) is 2.54. The van der Waals surface area contributed by atoms with Crippen molar-refractivity contribution < 1.29 is 13.2 Å². The Morgan fingerprint density at radius 1 is 1.16 bits per heavy atom. The van der Waals surface area contributed by atoms with Gasteiger partial charge in [-0.25, -0.2) is 9.97 Å². The Hall–Kier alpha value is -2.20. The van der Waals surface area contributed by atoms with Crippen LogP contribution in [0.3, 0.4) is 0 Å². The molecule has 0 unspecified atom stereocenters. The lowest BCUT2D eigenvalue weighted by Gasteiger charge is -2.28. The number of anilines is 1. The van der Waals surface area contributed by atoms with E-state index < -0.39 is 12.6 Å². The Bertz CT molecular complexity index is 1090. The highest BCUT2D eigenvalue weighted by atomic mass is 32.1. The van der Waals surface area contributed by atoms with Crippen molar-refractivity contribution in [2.45, 2.75) is 63.2 Å². The maximum Gasteiger partial charge on any atom is 0.393 e. The Balaban J connectivity index is 1.29. The van der Waals surface area contributed by atoms with Gasteiger partial charge in [-0.05, 0) is 44.6 Å². The van der Waals surface area contributed by atoms with Crippen LogP contribution in [0.15, 0.2) is 18.6 Å². The minimum absolute atomic E-state index is 0.285. The van der Waals surface area contributed by atoms with Gasteiger partial charge in [0.05, 0.1) is 17.5 Å². The molecule has 6 nitrogen and oxygen atoms in total. The fourth-order valence-corrected chi connectivity index (χ4v) is 6.05. The highest BCUT2D eigenvalue weighted by molar-refractivity contribution is 7.18. The topological polar surface area (TPSA) is 58.9 Å². The predicted molar refractivity (Wildman–Crippen MR) is 119 cm³/mol. The molecule has 172 valence electrons. The standard InChI is InChI=1S/C22H27F3N6S/c1-30-12-17-18(5-2-6-19(17)29-30)28-14-4-3-8-31(9-7-14)20-16-10-15(11-22(23,24)25)32-21(16)27-13-26-20/h10,12-14,18,28H,2-9,11H2,1H3/t14-,18+/m1/s1. The summed E-state index contributed by atoms with van der Waals surface area (Å²) in [6.45, 7) is 1.67. The summed E-state index contributed by atoms with van der Waals surface area (Å²) in [6, 6.07) is 2.36. The zero-order chi connectivity index (χ0) is 22.3. The summed E-state index contributed by atoms with van der Waals surface area (Å²) in [5, 5.41) is 9.21. The first kappa shape index (κ1) is 21.6. The number of aromatic nitrogens is 4. The third-order valence-electron chi connectivity index (χ3n) is 6.42. The number of thiophene rings is 1. The lowest BCUT2D eigenvalue weighted by molar-refractivity contribution is -0.126. The molecule has 1 N–H and O–H groups in total. The van der Waals surface area contributed by atoms with E-state index >= 15 is 0 Å². The number of nitrogens with zero attached hydrogens (tertiary/aromatic N) is 5. The summed E-state index contributed by atoms with van der Waals surface area (Å²) in [7, 11) is 1.98. The highest BCUT2D eigenvalue weighted by Crippen LogP contribution is 2.35. The molecule has 3 aromatic rings. The summed E-state index contributed by atoms with van der Waals surface area (Å²) in [6.07, 6.45) is 4.85. The smallest absolute Gasteiger partial charge is 0.356 e. The molecule has 4 heterocycles. The van der Waals surface area contributed by atoms with Crippen LogP contribution < -0.4 is 10.2 Å². The van der Waals surface area contributed by atoms with Gasteiger partial charge in [-0.1, -0.05) is 0 Å². The van der Waals surface area contributed by atoms with Crippen LogP contribution in [0.1, 0.15) is 54.3 Å². The molecule has 0 saturated carbocycles. The van der Waals surface area contributed by atoms with Crippen molar-refractivity contribution in [1.82, 2.24) is 25.1 Å². The van der Waals surface area contributed by atoms with Crippen molar-refractivity contribution in [3.8, 4) is 0 Å². The molecule has 0 radical (unpaired) electrons. The first-order valence-corrected chi connectivity index (χ1v) is 12.0. The largest absolute Gasteiger partial charge is 0.393 e. The van der Waals surface area contributed by atoms with Crippen LogP contribution in [0.4, 0.5) is 19.0 Å². The van der Waals surface area contributed by atoms with E-state index in [4.69, 9.17) is 0 Å². The molecule has 1 saturated heterocycles. The van der Waals surface area contributed by atoms with Gasteiger partial charge in [-0.3, -0.25) is 4.68 Å². The highest BCUT2D eigenvalue weighted by Gasteiger charge is 2.30. The lowest BCUT2D eigenvalue weighted by atomic mass is 9.92. The normalized spacial score (nSPS) is 22.2. The van der Waals surface area contributed by atoms with E-state index in [1.807, 2.05) is 11.7 Å². The first-order valence-electron chi connectivity index (χ1n) is 11.2. The van der Waals surface area contributed by atoms with E-state index in [2.05, 4.69) is 31.5 Å². The Morgan fingerprint density at radius 3 is 2.88 bits per heavy atom. The zero-order valence-electron chi connectivity index (χ0n) is 18.0. The maximum atomic E-state index is 12.9. The summed E-state index contributed by atoms with van der Waals surface area (Å²) in [4.78, 5) is 11.8. The molecule has 2 atom stereocenters. The van der Waals surface area contributed by atoms with Crippen molar-refractivity contribution in [1.29, 1.82) is 0 Å². The van der Waals surface area contributed by atoms with E-state index in [1.54, 1.807) is 6.07 Å².